The van der Waals surface area contributed by atoms with Crippen molar-refractivity contribution in [1.29, 1.82) is 0 Å². The van der Waals surface area contributed by atoms with Gasteiger partial charge in [-0.05, 0) is 23.3 Å². The van der Waals surface area contributed by atoms with Gasteiger partial charge in [0.1, 0.15) is 18.4 Å². The fourth-order valence-electron chi connectivity index (χ4n) is 3.04. The van der Waals surface area contributed by atoms with Crippen LogP contribution in [-0.4, -0.2) is 33.1 Å². The van der Waals surface area contributed by atoms with Gasteiger partial charge in [-0.15, -0.1) is 0 Å². The molecule has 6 nitrogen and oxygen atoms in total. The molecule has 0 radical (unpaired) electrons. The smallest absolute Gasteiger partial charge is 0.240 e. The predicted octanol–water partition coefficient (Wildman–Crippen LogP) is 2.06. The monoisotopic (exact) mass is 334 g/mol. The Bertz CT molecular complexity index is 862. The molecule has 0 unspecified atom stereocenters. The summed E-state index contributed by atoms with van der Waals surface area (Å²) in [6, 6.07) is 10.1. The van der Waals surface area contributed by atoms with Crippen molar-refractivity contribution in [1.82, 2.24) is 19.9 Å². The first kappa shape index (κ1) is 15.4. The average Bonchev–Trinajstić information content (AvgIpc) is 3.29. The molecule has 1 aliphatic heterocycles. The van der Waals surface area contributed by atoms with E-state index in [9.17, 15) is 4.79 Å². The van der Waals surface area contributed by atoms with E-state index < -0.39 is 0 Å². The molecule has 1 atom stereocenters. The van der Waals surface area contributed by atoms with E-state index in [2.05, 4.69) is 21.4 Å². The number of hydrogen-bond donors (Lipinski definition) is 1. The Kier molecular flexibility index (Phi) is 4.16. The number of nitrogens with zero attached hydrogens (tertiary/aromatic N) is 3. The molecular formula is C19H18N4O2. The van der Waals surface area contributed by atoms with E-state index in [1.165, 1.54) is 5.56 Å². The van der Waals surface area contributed by atoms with Crippen molar-refractivity contribution in [3.05, 3.63) is 67.0 Å². The summed E-state index contributed by atoms with van der Waals surface area (Å²) < 4.78 is 7.86. The molecule has 0 fully saturated rings. The van der Waals surface area contributed by atoms with Gasteiger partial charge in [0.15, 0.2) is 0 Å². The Morgan fingerprint density at radius 1 is 1.20 bits per heavy atom. The fraction of sp³-hybridized carbons (Fsp3) is 0.211. The molecule has 0 spiro atoms. The fourth-order valence-corrected chi connectivity index (χ4v) is 3.04. The third-order valence-electron chi connectivity index (χ3n) is 4.23. The Morgan fingerprint density at radius 3 is 2.88 bits per heavy atom. The van der Waals surface area contributed by atoms with Crippen LogP contribution >= 0.6 is 0 Å². The van der Waals surface area contributed by atoms with Gasteiger partial charge in [-0.1, -0.05) is 18.2 Å². The minimum absolute atomic E-state index is 0.0492. The molecule has 0 saturated carbocycles. The Labute approximate surface area is 145 Å². The van der Waals surface area contributed by atoms with E-state index in [1.807, 2.05) is 24.3 Å². The lowest BCUT2D eigenvalue weighted by atomic mass is 10.0. The number of nitrogens with one attached hydrogen (secondary N) is 1. The van der Waals surface area contributed by atoms with Crippen molar-refractivity contribution in [3.8, 4) is 16.9 Å². The van der Waals surface area contributed by atoms with E-state index in [4.69, 9.17) is 4.74 Å². The van der Waals surface area contributed by atoms with Gasteiger partial charge in [-0.3, -0.25) is 9.78 Å². The number of para-hydroxylation sites is 1. The SMILES string of the molecule is O=C(Cn1ccnc1)NC[C@@H]1Cc2cccc(-c3ccncc3)c2O1. The molecular weight excluding hydrogens is 316 g/mol. The number of pyridine rings is 1. The molecule has 6 heteroatoms. The summed E-state index contributed by atoms with van der Waals surface area (Å²) in [5.74, 6) is 0.856. The molecule has 126 valence electrons. The van der Waals surface area contributed by atoms with E-state index >= 15 is 0 Å². The zero-order valence-corrected chi connectivity index (χ0v) is 13.6. The summed E-state index contributed by atoms with van der Waals surface area (Å²) in [4.78, 5) is 20.0. The van der Waals surface area contributed by atoms with Gasteiger partial charge < -0.3 is 14.6 Å². The van der Waals surface area contributed by atoms with Crippen molar-refractivity contribution in [2.75, 3.05) is 6.54 Å². The van der Waals surface area contributed by atoms with Crippen LogP contribution < -0.4 is 10.1 Å². The molecule has 4 rings (SSSR count). The first-order chi connectivity index (χ1) is 12.3. The highest BCUT2D eigenvalue weighted by Crippen LogP contribution is 2.38. The number of imidazole rings is 1. The lowest BCUT2D eigenvalue weighted by molar-refractivity contribution is -0.122. The van der Waals surface area contributed by atoms with Crippen LogP contribution in [0, 0.1) is 0 Å². The Hall–Kier alpha value is -3.15. The van der Waals surface area contributed by atoms with Crippen molar-refractivity contribution in [2.45, 2.75) is 19.1 Å². The molecule has 1 amide bonds. The zero-order chi connectivity index (χ0) is 17.1. The molecule has 3 heterocycles. The zero-order valence-electron chi connectivity index (χ0n) is 13.6. The standard InChI is InChI=1S/C19H18N4O2/c24-18(12-23-9-8-21-13-23)22-11-16-10-15-2-1-3-17(19(15)25-16)14-4-6-20-7-5-14/h1-9,13,16H,10-12H2,(H,22,24)/t16-/m0/s1. The van der Waals surface area contributed by atoms with Crippen molar-refractivity contribution >= 4 is 5.91 Å². The van der Waals surface area contributed by atoms with Crippen molar-refractivity contribution < 1.29 is 9.53 Å². The quantitative estimate of drug-likeness (QED) is 0.775. The summed E-state index contributed by atoms with van der Waals surface area (Å²) >= 11 is 0. The normalized spacial score (nSPS) is 15.4. The van der Waals surface area contributed by atoms with Gasteiger partial charge in [-0.25, -0.2) is 4.98 Å². The third-order valence-corrected chi connectivity index (χ3v) is 4.23. The molecule has 0 saturated heterocycles. The lowest BCUT2D eigenvalue weighted by Gasteiger charge is -2.13. The second-order valence-electron chi connectivity index (χ2n) is 6.01. The van der Waals surface area contributed by atoms with Crippen LogP contribution in [0.1, 0.15) is 5.56 Å². The molecule has 3 aromatic rings. The number of carbonyl (C=O) groups excluding carboxylic acids is 1. The lowest BCUT2D eigenvalue weighted by Crippen LogP contribution is -2.36. The highest BCUT2D eigenvalue weighted by Gasteiger charge is 2.26. The highest BCUT2D eigenvalue weighted by molar-refractivity contribution is 5.76. The summed E-state index contributed by atoms with van der Waals surface area (Å²) in [6.45, 7) is 0.750. The molecule has 1 aromatic carbocycles. The van der Waals surface area contributed by atoms with E-state index in [0.29, 0.717) is 6.54 Å². The predicted molar refractivity (Wildman–Crippen MR) is 93.0 cm³/mol. The number of ether oxygens (including phenoxy) is 1. The maximum atomic E-state index is 12.0. The summed E-state index contributed by atoms with van der Waals surface area (Å²) in [6.07, 6.45) is 9.34. The molecule has 1 aliphatic rings. The van der Waals surface area contributed by atoms with Crippen LogP contribution in [0.5, 0.6) is 5.75 Å². The van der Waals surface area contributed by atoms with E-state index in [1.54, 1.807) is 35.7 Å². The van der Waals surface area contributed by atoms with E-state index in [0.717, 1.165) is 23.3 Å². The first-order valence-electron chi connectivity index (χ1n) is 8.21. The Morgan fingerprint density at radius 2 is 2.08 bits per heavy atom. The van der Waals surface area contributed by atoms with Gasteiger partial charge in [0.05, 0.1) is 12.9 Å². The van der Waals surface area contributed by atoms with E-state index in [-0.39, 0.29) is 18.6 Å². The van der Waals surface area contributed by atoms with Gasteiger partial charge in [0.2, 0.25) is 5.91 Å². The number of fused-ring (bicyclic) bond motifs is 1. The van der Waals surface area contributed by atoms with Crippen LogP contribution in [0.15, 0.2) is 61.4 Å². The first-order valence-corrected chi connectivity index (χ1v) is 8.21. The van der Waals surface area contributed by atoms with Crippen LogP contribution in [0.3, 0.4) is 0 Å². The van der Waals surface area contributed by atoms with Gasteiger partial charge >= 0.3 is 0 Å². The highest BCUT2D eigenvalue weighted by atomic mass is 16.5. The average molecular weight is 334 g/mol. The van der Waals surface area contributed by atoms with Crippen molar-refractivity contribution in [2.24, 2.45) is 0 Å². The minimum atomic E-state index is -0.0512. The Balaban J connectivity index is 1.41. The maximum absolute atomic E-state index is 12.0. The number of benzene rings is 1. The third kappa shape index (κ3) is 3.38. The maximum Gasteiger partial charge on any atom is 0.240 e. The van der Waals surface area contributed by atoms with Gasteiger partial charge in [0, 0.05) is 36.8 Å². The molecule has 0 bridgehead atoms. The number of aromatic nitrogens is 3. The van der Waals surface area contributed by atoms with Crippen molar-refractivity contribution in [3.63, 3.8) is 0 Å². The topological polar surface area (TPSA) is 69.0 Å². The van der Waals surface area contributed by atoms with Crippen LogP contribution in [-0.2, 0) is 17.8 Å². The van der Waals surface area contributed by atoms with Crippen LogP contribution in [0.2, 0.25) is 0 Å². The summed E-state index contributed by atoms with van der Waals surface area (Å²) in [7, 11) is 0. The summed E-state index contributed by atoms with van der Waals surface area (Å²) in [5.41, 5.74) is 3.31. The second kappa shape index (κ2) is 6.76. The molecule has 2 aromatic heterocycles. The number of hydrogen-bond acceptors (Lipinski definition) is 4. The summed E-state index contributed by atoms with van der Waals surface area (Å²) in [5, 5.41) is 2.93. The van der Waals surface area contributed by atoms with Gasteiger partial charge in [0.25, 0.3) is 0 Å². The second-order valence-corrected chi connectivity index (χ2v) is 6.01. The largest absolute Gasteiger partial charge is 0.487 e. The minimum Gasteiger partial charge on any atom is -0.487 e. The molecule has 0 aliphatic carbocycles. The van der Waals surface area contributed by atoms with Crippen LogP contribution in [0.25, 0.3) is 11.1 Å². The number of rotatable bonds is 5. The van der Waals surface area contributed by atoms with Gasteiger partial charge in [-0.2, -0.15) is 0 Å². The number of carbonyl (C=O) groups is 1. The molecule has 1 N–H and O–H groups in total. The number of amides is 1. The van der Waals surface area contributed by atoms with Crippen LogP contribution in [0.4, 0.5) is 0 Å². The molecule has 25 heavy (non-hydrogen) atoms.